The molecule has 0 aliphatic heterocycles. The maximum Gasteiger partial charge on any atom is 0.315 e. The topological polar surface area (TPSA) is 78.4 Å². The van der Waals surface area contributed by atoms with Crippen molar-refractivity contribution in [3.05, 3.63) is 0 Å². The summed E-state index contributed by atoms with van der Waals surface area (Å²) in [5.41, 5.74) is 0. The highest BCUT2D eigenvalue weighted by Gasteiger charge is 2.24. The summed E-state index contributed by atoms with van der Waals surface area (Å²) in [6.45, 7) is 0.615. The van der Waals surface area contributed by atoms with Crippen LogP contribution in [-0.4, -0.2) is 41.2 Å². The van der Waals surface area contributed by atoms with Crippen molar-refractivity contribution in [3.63, 3.8) is 0 Å². The number of carbonyl (C=O) groups excluding carboxylic acids is 1. The van der Waals surface area contributed by atoms with Gasteiger partial charge in [-0.1, -0.05) is 6.42 Å². The summed E-state index contributed by atoms with van der Waals surface area (Å²) in [7, 11) is 0. The van der Waals surface area contributed by atoms with Crippen molar-refractivity contribution < 1.29 is 14.7 Å². The van der Waals surface area contributed by atoms with E-state index in [4.69, 9.17) is 5.11 Å². The van der Waals surface area contributed by atoms with Gasteiger partial charge in [-0.15, -0.1) is 0 Å². The Hall–Kier alpha value is -0.910. The SMILES string of the molecule is CSC1CCC(NC(=O)NCCCCCC(=O)O)C1. The number of hydrogen-bond donors (Lipinski definition) is 3. The van der Waals surface area contributed by atoms with Crippen molar-refractivity contribution in [2.24, 2.45) is 0 Å². The molecule has 0 radical (unpaired) electrons. The molecule has 1 fully saturated rings. The van der Waals surface area contributed by atoms with Gasteiger partial charge in [0.1, 0.15) is 0 Å². The van der Waals surface area contributed by atoms with Crippen LogP contribution in [0.3, 0.4) is 0 Å². The van der Waals surface area contributed by atoms with Crippen molar-refractivity contribution in [1.82, 2.24) is 10.6 Å². The normalized spacial score (nSPS) is 22.2. The Bertz CT molecular complexity index is 300. The molecule has 19 heavy (non-hydrogen) atoms. The summed E-state index contributed by atoms with van der Waals surface area (Å²) >= 11 is 1.87. The van der Waals surface area contributed by atoms with Crippen LogP contribution in [0.25, 0.3) is 0 Å². The molecule has 0 heterocycles. The molecule has 6 heteroatoms. The first kappa shape index (κ1) is 16.1. The molecule has 5 nitrogen and oxygen atoms in total. The number of nitrogens with one attached hydrogen (secondary N) is 2. The van der Waals surface area contributed by atoms with Crippen molar-refractivity contribution >= 4 is 23.8 Å². The predicted octanol–water partition coefficient (Wildman–Crippen LogP) is 2.21. The van der Waals surface area contributed by atoms with Gasteiger partial charge in [0.2, 0.25) is 0 Å². The summed E-state index contributed by atoms with van der Waals surface area (Å²) in [4.78, 5) is 21.9. The predicted molar refractivity (Wildman–Crippen MR) is 77.6 cm³/mol. The number of thioether (sulfide) groups is 1. The lowest BCUT2D eigenvalue weighted by molar-refractivity contribution is -0.137. The Balaban J connectivity index is 1.98. The molecule has 1 aliphatic rings. The monoisotopic (exact) mass is 288 g/mol. The van der Waals surface area contributed by atoms with E-state index in [-0.39, 0.29) is 12.5 Å². The lowest BCUT2D eigenvalue weighted by Gasteiger charge is -2.13. The Kier molecular flexibility index (Phi) is 7.70. The molecule has 2 atom stereocenters. The fourth-order valence-electron chi connectivity index (χ4n) is 2.30. The molecule has 0 aromatic rings. The highest BCUT2D eigenvalue weighted by Crippen LogP contribution is 2.27. The van der Waals surface area contributed by atoms with Crippen molar-refractivity contribution in [3.8, 4) is 0 Å². The van der Waals surface area contributed by atoms with Gasteiger partial charge in [0.15, 0.2) is 0 Å². The van der Waals surface area contributed by atoms with Gasteiger partial charge in [-0.3, -0.25) is 4.79 Å². The third-order valence-corrected chi connectivity index (χ3v) is 4.50. The Morgan fingerprint density at radius 2 is 2.05 bits per heavy atom. The van der Waals surface area contributed by atoms with Gasteiger partial charge >= 0.3 is 12.0 Å². The number of hydrogen-bond acceptors (Lipinski definition) is 3. The van der Waals surface area contributed by atoms with Crippen LogP contribution < -0.4 is 10.6 Å². The van der Waals surface area contributed by atoms with Crippen LogP contribution in [0.2, 0.25) is 0 Å². The molecule has 110 valence electrons. The number of urea groups is 1. The second-order valence-electron chi connectivity index (χ2n) is 4.97. The zero-order valence-corrected chi connectivity index (χ0v) is 12.3. The first-order valence-corrected chi connectivity index (χ1v) is 8.19. The fraction of sp³-hybridized carbons (Fsp3) is 0.846. The number of rotatable bonds is 8. The average Bonchev–Trinajstić information content (AvgIpc) is 2.81. The second-order valence-corrected chi connectivity index (χ2v) is 6.11. The summed E-state index contributed by atoms with van der Waals surface area (Å²) in [5, 5.41) is 15.0. The number of carbonyl (C=O) groups is 2. The van der Waals surface area contributed by atoms with E-state index in [0.717, 1.165) is 25.7 Å². The maximum atomic E-state index is 11.6. The fourth-order valence-corrected chi connectivity index (χ4v) is 3.10. The standard InChI is InChI=1S/C13H24N2O3S/c1-19-11-7-6-10(9-11)15-13(18)14-8-4-2-3-5-12(16)17/h10-11H,2-9H2,1H3,(H,16,17)(H2,14,15,18). The molecule has 0 bridgehead atoms. The molecular formula is C13H24N2O3S. The molecular weight excluding hydrogens is 264 g/mol. The number of unbranched alkanes of at least 4 members (excludes halogenated alkanes) is 2. The number of carboxylic acid groups (broad SMARTS) is 1. The van der Waals surface area contributed by atoms with Crippen LogP contribution in [0.1, 0.15) is 44.9 Å². The van der Waals surface area contributed by atoms with Crippen LogP contribution in [0.5, 0.6) is 0 Å². The first-order chi connectivity index (χ1) is 9.11. The molecule has 3 N–H and O–H groups in total. The minimum absolute atomic E-state index is 0.0926. The lowest BCUT2D eigenvalue weighted by Crippen LogP contribution is -2.41. The summed E-state index contributed by atoms with van der Waals surface area (Å²) in [6, 6.07) is 0.217. The molecule has 1 rings (SSSR count). The third-order valence-electron chi connectivity index (χ3n) is 3.41. The zero-order valence-electron chi connectivity index (χ0n) is 11.5. The van der Waals surface area contributed by atoms with E-state index < -0.39 is 5.97 Å². The third kappa shape index (κ3) is 7.30. The van der Waals surface area contributed by atoms with Crippen LogP contribution in [0.15, 0.2) is 0 Å². The minimum Gasteiger partial charge on any atom is -0.481 e. The van der Waals surface area contributed by atoms with E-state index in [9.17, 15) is 9.59 Å². The Labute approximate surface area is 118 Å². The van der Waals surface area contributed by atoms with E-state index >= 15 is 0 Å². The minimum atomic E-state index is -0.754. The van der Waals surface area contributed by atoms with Crippen molar-refractivity contribution in [1.29, 1.82) is 0 Å². The Morgan fingerprint density at radius 1 is 1.26 bits per heavy atom. The van der Waals surface area contributed by atoms with Gasteiger partial charge in [-0.2, -0.15) is 11.8 Å². The van der Waals surface area contributed by atoms with Gasteiger partial charge < -0.3 is 15.7 Å². The van der Waals surface area contributed by atoms with Crippen LogP contribution in [-0.2, 0) is 4.79 Å². The summed E-state index contributed by atoms with van der Waals surface area (Å²) < 4.78 is 0. The first-order valence-electron chi connectivity index (χ1n) is 6.90. The van der Waals surface area contributed by atoms with E-state index in [1.807, 2.05) is 11.8 Å². The smallest absolute Gasteiger partial charge is 0.315 e. The number of aliphatic carboxylic acids is 1. The van der Waals surface area contributed by atoms with Crippen LogP contribution >= 0.6 is 11.8 Å². The van der Waals surface area contributed by atoms with E-state index in [2.05, 4.69) is 16.9 Å². The molecule has 2 amide bonds. The average molecular weight is 288 g/mol. The zero-order chi connectivity index (χ0) is 14.1. The molecule has 1 aliphatic carbocycles. The number of carboxylic acids is 1. The van der Waals surface area contributed by atoms with Gasteiger partial charge in [-0.05, 0) is 38.4 Å². The molecule has 0 saturated heterocycles. The Morgan fingerprint density at radius 3 is 2.68 bits per heavy atom. The highest BCUT2D eigenvalue weighted by molar-refractivity contribution is 7.99. The molecule has 2 unspecified atom stereocenters. The van der Waals surface area contributed by atoms with E-state index in [1.54, 1.807) is 0 Å². The van der Waals surface area contributed by atoms with Crippen LogP contribution in [0.4, 0.5) is 4.79 Å². The van der Waals surface area contributed by atoms with Gasteiger partial charge in [0, 0.05) is 24.3 Å². The number of amides is 2. The largest absolute Gasteiger partial charge is 0.481 e. The molecule has 0 aromatic carbocycles. The molecule has 1 saturated carbocycles. The van der Waals surface area contributed by atoms with Gasteiger partial charge in [0.25, 0.3) is 0 Å². The van der Waals surface area contributed by atoms with Crippen LogP contribution in [0, 0.1) is 0 Å². The molecule has 0 aromatic heterocycles. The lowest BCUT2D eigenvalue weighted by atomic mass is 10.2. The van der Waals surface area contributed by atoms with E-state index in [1.165, 1.54) is 6.42 Å². The van der Waals surface area contributed by atoms with E-state index in [0.29, 0.717) is 24.3 Å². The quantitative estimate of drug-likeness (QED) is 0.598. The maximum absolute atomic E-state index is 11.6. The highest BCUT2D eigenvalue weighted by atomic mass is 32.2. The van der Waals surface area contributed by atoms with Gasteiger partial charge in [-0.25, -0.2) is 4.79 Å². The van der Waals surface area contributed by atoms with Crippen molar-refractivity contribution in [2.45, 2.75) is 56.2 Å². The molecule has 0 spiro atoms. The summed E-state index contributed by atoms with van der Waals surface area (Å²) in [6.07, 6.45) is 7.99. The second kappa shape index (κ2) is 9.07. The van der Waals surface area contributed by atoms with Gasteiger partial charge in [0.05, 0.1) is 0 Å². The van der Waals surface area contributed by atoms with Crippen molar-refractivity contribution in [2.75, 3.05) is 12.8 Å². The summed E-state index contributed by atoms with van der Waals surface area (Å²) in [5.74, 6) is -0.754.